The number of hydrogen-bond donors (Lipinski definition) is 0. The van der Waals surface area contributed by atoms with Crippen molar-refractivity contribution in [2.24, 2.45) is 0 Å². The summed E-state index contributed by atoms with van der Waals surface area (Å²) in [6.07, 6.45) is 0.847. The molecule has 0 aliphatic carbocycles. The van der Waals surface area contributed by atoms with Gasteiger partial charge in [-0.2, -0.15) is 0 Å². The van der Waals surface area contributed by atoms with Crippen molar-refractivity contribution in [3.63, 3.8) is 0 Å². The quantitative estimate of drug-likeness (QED) is 0.382. The smallest absolute Gasteiger partial charge is 0.167 e. The average molecular weight is 212 g/mol. The van der Waals surface area contributed by atoms with Crippen molar-refractivity contribution in [2.75, 3.05) is 26.0 Å². The van der Waals surface area contributed by atoms with Gasteiger partial charge in [0, 0.05) is 0 Å². The van der Waals surface area contributed by atoms with Crippen LogP contribution in [-0.4, -0.2) is 32.1 Å². The zero-order valence-electron chi connectivity index (χ0n) is 5.89. The molecule has 2 unspecified atom stereocenters. The molecule has 1 aliphatic rings. The van der Waals surface area contributed by atoms with Crippen LogP contribution < -0.4 is 0 Å². The van der Waals surface area contributed by atoms with Crippen LogP contribution in [-0.2, 0) is 34.7 Å². The van der Waals surface area contributed by atoms with Gasteiger partial charge >= 0.3 is 0 Å². The summed E-state index contributed by atoms with van der Waals surface area (Å²) in [5, 5.41) is 0. The maximum atomic E-state index is 10.8. The zero-order valence-corrected chi connectivity index (χ0v) is 8.42. The lowest BCUT2D eigenvalue weighted by atomic mass is 10.5. The Labute approximate surface area is 73.7 Å². The van der Waals surface area contributed by atoms with Crippen LogP contribution in [0.25, 0.3) is 0 Å². The molecule has 0 aromatic rings. The fourth-order valence-corrected chi connectivity index (χ4v) is 2.03. The minimum absolute atomic E-state index is 0.295. The molecular formula is C5H9O3PS2. The first-order valence-corrected chi connectivity index (χ1v) is 7.06. The van der Waals surface area contributed by atoms with E-state index in [9.17, 15) is 4.57 Å². The van der Waals surface area contributed by atoms with E-state index in [0.29, 0.717) is 25.5 Å². The summed E-state index contributed by atoms with van der Waals surface area (Å²) in [6.45, 7) is 0.691. The fourth-order valence-electron chi connectivity index (χ4n) is 0.555. The molecule has 0 N–H and O–H groups in total. The van der Waals surface area contributed by atoms with Gasteiger partial charge in [-0.25, -0.2) is 0 Å². The molecule has 1 fully saturated rings. The van der Waals surface area contributed by atoms with Gasteiger partial charge in [-0.05, 0) is 20.7 Å². The van der Waals surface area contributed by atoms with Crippen LogP contribution in [0.2, 0.25) is 0 Å². The van der Waals surface area contributed by atoms with E-state index in [4.69, 9.17) is 9.47 Å². The van der Waals surface area contributed by atoms with E-state index >= 15 is 0 Å². The largest absolute Gasteiger partial charge is 0.378 e. The summed E-state index contributed by atoms with van der Waals surface area (Å²) < 4.78 is 20.8. The van der Waals surface area contributed by atoms with Gasteiger partial charge in [-0.1, -0.05) is 0 Å². The second-order valence-electron chi connectivity index (χ2n) is 2.16. The number of rotatable bonds is 5. The van der Waals surface area contributed by atoms with Gasteiger partial charge in [-0.15, -0.1) is 0 Å². The van der Waals surface area contributed by atoms with Crippen molar-refractivity contribution in [2.45, 2.75) is 6.10 Å². The molecule has 6 heteroatoms. The predicted octanol–water partition coefficient (Wildman–Crippen LogP) is 0.689. The minimum atomic E-state index is -1.27. The highest BCUT2D eigenvalue weighted by Crippen LogP contribution is 2.09. The topological polar surface area (TPSA) is 38.8 Å². The molecule has 3 nitrogen and oxygen atoms in total. The molecule has 0 saturated carbocycles. The first-order chi connectivity index (χ1) is 5.33. The molecule has 0 radical (unpaired) electrons. The number of ether oxygens (including phenoxy) is 2. The third-order valence-corrected chi connectivity index (χ3v) is 4.46. The molecular weight excluding hydrogens is 203 g/mol. The Bertz CT molecular complexity index is 216. The molecule has 0 aromatic heterocycles. The second-order valence-corrected chi connectivity index (χ2v) is 6.43. The number of hydrogen-bond acceptors (Lipinski definition) is 4. The standard InChI is InChI=1S/C5H9O3PS2/c6-9(11-10)2-1-7-3-5-4-8-5/h5H,1-4H2. The van der Waals surface area contributed by atoms with Crippen molar-refractivity contribution in [3.8, 4) is 0 Å². The van der Waals surface area contributed by atoms with Crippen molar-refractivity contribution in [3.05, 3.63) is 0 Å². The van der Waals surface area contributed by atoms with Gasteiger partial charge in [0.25, 0.3) is 0 Å². The minimum Gasteiger partial charge on any atom is -0.378 e. The molecule has 1 saturated heterocycles. The lowest BCUT2D eigenvalue weighted by molar-refractivity contribution is 0.130. The normalized spacial score (nSPS) is 22.9. The van der Waals surface area contributed by atoms with E-state index in [1.54, 1.807) is 0 Å². The monoisotopic (exact) mass is 212 g/mol. The van der Waals surface area contributed by atoms with Gasteiger partial charge in [0.1, 0.15) is 6.10 Å². The summed E-state index contributed by atoms with van der Waals surface area (Å²) in [5.41, 5.74) is 0. The first kappa shape index (κ1) is 9.55. The number of epoxide rings is 1. The van der Waals surface area contributed by atoms with E-state index in [2.05, 4.69) is 11.2 Å². The molecule has 1 rings (SSSR count). The maximum Gasteiger partial charge on any atom is 0.167 e. The lowest BCUT2D eigenvalue weighted by Crippen LogP contribution is -2.03. The molecule has 64 valence electrons. The first-order valence-electron chi connectivity index (χ1n) is 3.27. The van der Waals surface area contributed by atoms with Crippen LogP contribution in [0, 0.1) is 0 Å². The van der Waals surface area contributed by atoms with Gasteiger partial charge in [0.15, 0.2) is 6.58 Å². The maximum absolute atomic E-state index is 10.8. The van der Waals surface area contributed by atoms with E-state index < -0.39 is 6.58 Å². The molecule has 0 spiro atoms. The second kappa shape index (κ2) is 5.17. The summed E-state index contributed by atoms with van der Waals surface area (Å²) in [4.78, 5) is 0. The van der Waals surface area contributed by atoms with E-state index in [1.165, 1.54) is 0 Å². The summed E-state index contributed by atoms with van der Waals surface area (Å²) in [6, 6.07) is 0. The van der Waals surface area contributed by atoms with Crippen LogP contribution >= 0.6 is 6.58 Å². The third kappa shape index (κ3) is 4.82. The van der Waals surface area contributed by atoms with E-state index in [-0.39, 0.29) is 0 Å². The highest BCUT2D eigenvalue weighted by molar-refractivity contribution is 8.32. The Balaban J connectivity index is 1.94. The van der Waals surface area contributed by atoms with Crippen LogP contribution in [0.15, 0.2) is 0 Å². The Hall–Kier alpha value is 0.460. The van der Waals surface area contributed by atoms with Crippen LogP contribution in [0.3, 0.4) is 0 Å². The van der Waals surface area contributed by atoms with Crippen LogP contribution in [0.5, 0.6) is 0 Å². The van der Waals surface area contributed by atoms with E-state index in [0.717, 1.165) is 16.1 Å². The SMILES string of the molecule is O=P(CCOCC1CO1)=S=S. The summed E-state index contributed by atoms with van der Waals surface area (Å²) in [5.74, 6) is 0. The Morgan fingerprint density at radius 3 is 3.09 bits per heavy atom. The van der Waals surface area contributed by atoms with Crippen LogP contribution in [0.1, 0.15) is 0 Å². The van der Waals surface area contributed by atoms with Crippen molar-refractivity contribution in [1.82, 2.24) is 0 Å². The van der Waals surface area contributed by atoms with Crippen molar-refractivity contribution >= 4 is 27.3 Å². The van der Waals surface area contributed by atoms with E-state index in [1.807, 2.05) is 0 Å². The Kier molecular flexibility index (Phi) is 4.48. The zero-order chi connectivity index (χ0) is 8.10. The third-order valence-electron chi connectivity index (χ3n) is 1.21. The molecule has 0 aromatic carbocycles. The fraction of sp³-hybridized carbons (Fsp3) is 1.00. The highest BCUT2D eigenvalue weighted by Gasteiger charge is 2.21. The lowest BCUT2D eigenvalue weighted by Gasteiger charge is -1.95. The van der Waals surface area contributed by atoms with Crippen molar-refractivity contribution in [1.29, 1.82) is 0 Å². The average Bonchev–Trinajstić information content (AvgIpc) is 2.81. The van der Waals surface area contributed by atoms with Gasteiger partial charge < -0.3 is 9.47 Å². The van der Waals surface area contributed by atoms with Crippen LogP contribution in [0.4, 0.5) is 0 Å². The summed E-state index contributed by atoms with van der Waals surface area (Å²) in [7, 11) is 0.981. The van der Waals surface area contributed by atoms with Gasteiger partial charge in [0.2, 0.25) is 0 Å². The Morgan fingerprint density at radius 1 is 1.82 bits per heavy atom. The molecule has 1 heterocycles. The Morgan fingerprint density at radius 2 is 2.55 bits per heavy atom. The van der Waals surface area contributed by atoms with Gasteiger partial charge in [-0.3, -0.25) is 4.57 Å². The molecule has 0 amide bonds. The molecule has 1 aliphatic heterocycles. The highest BCUT2D eigenvalue weighted by atomic mass is 32.9. The summed E-state index contributed by atoms with van der Waals surface area (Å²) >= 11 is 4.54. The molecule has 2 atom stereocenters. The van der Waals surface area contributed by atoms with Crippen molar-refractivity contribution < 1.29 is 14.0 Å². The predicted molar refractivity (Wildman–Crippen MR) is 47.8 cm³/mol. The van der Waals surface area contributed by atoms with Gasteiger partial charge in [0.05, 0.1) is 26.0 Å². The molecule has 0 bridgehead atoms. The molecule has 11 heavy (non-hydrogen) atoms.